The summed E-state index contributed by atoms with van der Waals surface area (Å²) in [4.78, 5) is 21.7. The Balaban J connectivity index is 1.30. The van der Waals surface area contributed by atoms with Gasteiger partial charge in [-0.2, -0.15) is 0 Å². The van der Waals surface area contributed by atoms with Gasteiger partial charge in [-0.25, -0.2) is 9.78 Å². The number of hydrogen-bond donors (Lipinski definition) is 1. The molecule has 7 heteroatoms. The Bertz CT molecular complexity index is 1540. The fraction of sp³-hybridized carbons (Fsp3) is 0.281. The zero-order chi connectivity index (χ0) is 27.0. The number of ether oxygens (including phenoxy) is 2. The molecule has 2 aromatic heterocycles. The predicted molar refractivity (Wildman–Crippen MR) is 154 cm³/mol. The monoisotopic (exact) mass is 539 g/mol. The first-order valence-corrected chi connectivity index (χ1v) is 13.6. The number of anilines is 1. The van der Waals surface area contributed by atoms with Crippen LogP contribution in [0.5, 0.6) is 5.75 Å². The fourth-order valence-electron chi connectivity index (χ4n) is 4.79. The van der Waals surface area contributed by atoms with E-state index in [4.69, 9.17) is 26.1 Å². The van der Waals surface area contributed by atoms with E-state index in [1.165, 1.54) is 31.2 Å². The summed E-state index contributed by atoms with van der Waals surface area (Å²) in [5, 5.41) is 5.37. The summed E-state index contributed by atoms with van der Waals surface area (Å²) in [6.07, 6.45) is 6.16. The second-order valence-electron chi connectivity index (χ2n) is 9.42. The highest BCUT2D eigenvalue weighted by atomic mass is 35.5. The Morgan fingerprint density at radius 1 is 1.03 bits per heavy atom. The minimum absolute atomic E-state index is 0.112. The molecule has 1 N–H and O–H groups in total. The number of halogens is 1. The molecule has 2 heterocycles. The topological polar surface area (TPSA) is 73.3 Å². The lowest BCUT2D eigenvalue weighted by Gasteiger charge is -2.17. The molecule has 2 aromatic carbocycles. The number of carbonyl (C=O) groups is 1. The van der Waals surface area contributed by atoms with E-state index in [1.807, 2.05) is 48.5 Å². The number of nitrogens with one attached hydrogen (secondary N) is 1. The first kappa shape index (κ1) is 26.5. The summed E-state index contributed by atoms with van der Waals surface area (Å²) < 4.78 is 10.8. The second-order valence-corrected chi connectivity index (χ2v) is 9.86. The molecule has 0 fully saturated rings. The molecule has 1 aliphatic rings. The van der Waals surface area contributed by atoms with Gasteiger partial charge in [0.25, 0.3) is 0 Å². The van der Waals surface area contributed by atoms with Crippen molar-refractivity contribution in [3.63, 3.8) is 0 Å². The van der Waals surface area contributed by atoms with Crippen molar-refractivity contribution in [3.05, 3.63) is 93.9 Å². The lowest BCUT2D eigenvalue weighted by molar-refractivity contribution is 0.0588. The molecule has 6 nitrogen and oxygen atoms in total. The van der Waals surface area contributed by atoms with E-state index < -0.39 is 5.97 Å². The average molecular weight is 540 g/mol. The molecule has 0 spiro atoms. The van der Waals surface area contributed by atoms with Crippen LogP contribution in [0.1, 0.15) is 58.7 Å². The number of aryl methyl sites for hydroxylation is 1. The molecule has 0 radical (unpaired) electrons. The predicted octanol–water partition coefficient (Wildman–Crippen LogP) is 6.77. The SMILES string of the molecule is COC(=O)c1nc(C#CCCNc2c3c(nc4ccc(Cl)cc24)CCCCC3)ccc1OCc1ccccc1. The summed E-state index contributed by atoms with van der Waals surface area (Å²) >= 11 is 6.34. The molecule has 4 aromatic rings. The quantitative estimate of drug-likeness (QED) is 0.121. The fourth-order valence-corrected chi connectivity index (χ4v) is 4.96. The maximum Gasteiger partial charge on any atom is 0.360 e. The third-order valence-electron chi connectivity index (χ3n) is 6.72. The van der Waals surface area contributed by atoms with Crippen molar-refractivity contribution in [2.75, 3.05) is 19.0 Å². The number of methoxy groups -OCH3 is 1. The number of fused-ring (bicyclic) bond motifs is 2. The van der Waals surface area contributed by atoms with Crippen molar-refractivity contribution in [3.8, 4) is 17.6 Å². The molecule has 0 saturated carbocycles. The molecule has 0 bridgehead atoms. The normalized spacial score (nSPS) is 12.6. The van der Waals surface area contributed by atoms with Crippen LogP contribution < -0.4 is 10.1 Å². The number of hydrogen-bond acceptors (Lipinski definition) is 6. The lowest BCUT2D eigenvalue weighted by atomic mass is 10.0. The third-order valence-corrected chi connectivity index (χ3v) is 6.95. The first-order valence-electron chi connectivity index (χ1n) is 13.2. The van der Waals surface area contributed by atoms with Gasteiger partial charge >= 0.3 is 5.97 Å². The number of benzene rings is 2. The average Bonchev–Trinajstić information content (AvgIpc) is 3.21. The van der Waals surface area contributed by atoms with Crippen LogP contribution in [-0.2, 0) is 24.2 Å². The summed E-state index contributed by atoms with van der Waals surface area (Å²) in [7, 11) is 1.33. The van der Waals surface area contributed by atoms with Crippen molar-refractivity contribution in [1.82, 2.24) is 9.97 Å². The first-order chi connectivity index (χ1) is 19.1. The van der Waals surface area contributed by atoms with E-state index in [1.54, 1.807) is 12.1 Å². The highest BCUT2D eigenvalue weighted by Gasteiger charge is 2.18. The molecule has 39 heavy (non-hydrogen) atoms. The molecular formula is C32H30ClN3O3. The van der Waals surface area contributed by atoms with Crippen molar-refractivity contribution < 1.29 is 14.3 Å². The largest absolute Gasteiger partial charge is 0.486 e. The van der Waals surface area contributed by atoms with Gasteiger partial charge in [0, 0.05) is 34.8 Å². The van der Waals surface area contributed by atoms with Gasteiger partial charge in [-0.3, -0.25) is 4.98 Å². The zero-order valence-electron chi connectivity index (χ0n) is 21.9. The van der Waals surface area contributed by atoms with Crippen LogP contribution >= 0.6 is 11.6 Å². The van der Waals surface area contributed by atoms with Crippen molar-refractivity contribution in [1.29, 1.82) is 0 Å². The van der Waals surface area contributed by atoms with Gasteiger partial charge in [0.2, 0.25) is 0 Å². The number of rotatable bonds is 7. The van der Waals surface area contributed by atoms with Crippen LogP contribution in [-0.4, -0.2) is 29.6 Å². The number of nitrogens with zero attached hydrogens (tertiary/aromatic N) is 2. The van der Waals surface area contributed by atoms with Crippen molar-refractivity contribution in [2.24, 2.45) is 0 Å². The number of aromatic nitrogens is 2. The second kappa shape index (κ2) is 12.6. The number of pyridine rings is 2. The Kier molecular flexibility index (Phi) is 8.60. The van der Waals surface area contributed by atoms with Crippen LogP contribution in [0.3, 0.4) is 0 Å². The van der Waals surface area contributed by atoms with Crippen LogP contribution in [0.2, 0.25) is 5.02 Å². The van der Waals surface area contributed by atoms with Gasteiger partial charge in [0.1, 0.15) is 12.3 Å². The van der Waals surface area contributed by atoms with E-state index >= 15 is 0 Å². The lowest BCUT2D eigenvalue weighted by Crippen LogP contribution is -2.09. The summed E-state index contributed by atoms with van der Waals surface area (Å²) in [6, 6.07) is 19.1. The van der Waals surface area contributed by atoms with Crippen LogP contribution in [0, 0.1) is 11.8 Å². The Morgan fingerprint density at radius 2 is 1.87 bits per heavy atom. The molecule has 1 aliphatic carbocycles. The Hall–Kier alpha value is -4.08. The molecule has 0 saturated heterocycles. The highest BCUT2D eigenvalue weighted by Crippen LogP contribution is 2.34. The maximum absolute atomic E-state index is 12.4. The maximum atomic E-state index is 12.4. The standard InChI is InChI=1S/C32H30ClN3O3/c1-38-32(37)31-29(39-21-22-10-4-2-5-11-22)18-16-24(35-31)12-8-9-19-34-30-25-13-6-3-7-14-27(25)36-28-17-15-23(33)20-26(28)30/h2,4-5,10-11,15-18,20H,3,6-7,9,13-14,19,21H2,1H3,(H,34,36). The molecule has 0 aliphatic heterocycles. The minimum atomic E-state index is -0.563. The van der Waals surface area contributed by atoms with E-state index in [9.17, 15) is 4.79 Å². The van der Waals surface area contributed by atoms with E-state index in [0.29, 0.717) is 36.0 Å². The molecule has 0 unspecified atom stereocenters. The Labute approximate surface area is 233 Å². The van der Waals surface area contributed by atoms with E-state index in [0.717, 1.165) is 41.4 Å². The summed E-state index contributed by atoms with van der Waals surface area (Å²) in [5.41, 5.74) is 6.15. The zero-order valence-corrected chi connectivity index (χ0v) is 22.7. The van der Waals surface area contributed by atoms with E-state index in [-0.39, 0.29) is 5.69 Å². The smallest absolute Gasteiger partial charge is 0.360 e. The van der Waals surface area contributed by atoms with Crippen LogP contribution in [0.4, 0.5) is 5.69 Å². The summed E-state index contributed by atoms with van der Waals surface area (Å²) in [5.74, 6) is 6.05. The van der Waals surface area contributed by atoms with Gasteiger partial charge in [-0.1, -0.05) is 54.3 Å². The molecular weight excluding hydrogens is 510 g/mol. The Morgan fingerprint density at radius 3 is 2.72 bits per heavy atom. The molecule has 0 atom stereocenters. The van der Waals surface area contributed by atoms with Crippen molar-refractivity contribution in [2.45, 2.75) is 45.1 Å². The highest BCUT2D eigenvalue weighted by molar-refractivity contribution is 6.31. The van der Waals surface area contributed by atoms with Gasteiger partial charge in [0.15, 0.2) is 11.4 Å². The van der Waals surface area contributed by atoms with Crippen LogP contribution in [0.15, 0.2) is 60.7 Å². The summed E-state index contributed by atoms with van der Waals surface area (Å²) in [6.45, 7) is 0.981. The molecule has 5 rings (SSSR count). The number of carbonyl (C=O) groups excluding carboxylic acids is 1. The third kappa shape index (κ3) is 6.50. The minimum Gasteiger partial charge on any atom is -0.486 e. The number of esters is 1. The van der Waals surface area contributed by atoms with Gasteiger partial charge in [0.05, 0.1) is 12.6 Å². The molecule has 0 amide bonds. The van der Waals surface area contributed by atoms with Gasteiger partial charge in [-0.15, -0.1) is 0 Å². The van der Waals surface area contributed by atoms with Gasteiger partial charge < -0.3 is 14.8 Å². The molecule has 198 valence electrons. The van der Waals surface area contributed by atoms with E-state index in [2.05, 4.69) is 22.1 Å². The van der Waals surface area contributed by atoms with Crippen LogP contribution in [0.25, 0.3) is 10.9 Å². The van der Waals surface area contributed by atoms with Gasteiger partial charge in [-0.05, 0) is 73.1 Å². The van der Waals surface area contributed by atoms with Crippen molar-refractivity contribution >= 4 is 34.2 Å².